The molecule has 2 aromatic rings. The summed E-state index contributed by atoms with van der Waals surface area (Å²) in [6, 6.07) is 15.7. The molecular formula is C22H26O3. The SMILES string of the molecule is CCCCC/C(=C/c1ccc(C(=O)OC)cc1)c1ccc(OC)cc1. The number of ether oxygens (including phenoxy) is 2. The maximum absolute atomic E-state index is 11.6. The fraction of sp³-hybridized carbons (Fsp3) is 0.318. The van der Waals surface area contributed by atoms with Crippen molar-refractivity contribution >= 4 is 17.6 Å². The molecule has 0 amide bonds. The second-order valence-electron chi connectivity index (χ2n) is 5.97. The predicted octanol–water partition coefficient (Wildman–Crippen LogP) is 5.60. The molecule has 0 aliphatic heterocycles. The van der Waals surface area contributed by atoms with Gasteiger partial charge in [-0.1, -0.05) is 50.1 Å². The molecule has 132 valence electrons. The lowest BCUT2D eigenvalue weighted by atomic mass is 9.97. The van der Waals surface area contributed by atoms with Gasteiger partial charge in [0.2, 0.25) is 0 Å². The summed E-state index contributed by atoms with van der Waals surface area (Å²) >= 11 is 0. The minimum Gasteiger partial charge on any atom is -0.497 e. The smallest absolute Gasteiger partial charge is 0.337 e. The van der Waals surface area contributed by atoms with Gasteiger partial charge in [0.25, 0.3) is 0 Å². The summed E-state index contributed by atoms with van der Waals surface area (Å²) in [5.41, 5.74) is 4.14. The highest BCUT2D eigenvalue weighted by Gasteiger charge is 2.06. The molecule has 2 rings (SSSR count). The van der Waals surface area contributed by atoms with Gasteiger partial charge in [-0.3, -0.25) is 0 Å². The van der Waals surface area contributed by atoms with Crippen LogP contribution in [0.25, 0.3) is 11.6 Å². The highest BCUT2D eigenvalue weighted by molar-refractivity contribution is 5.90. The van der Waals surface area contributed by atoms with Crippen molar-refractivity contribution in [3.63, 3.8) is 0 Å². The third-order valence-electron chi connectivity index (χ3n) is 4.18. The molecule has 0 saturated heterocycles. The Morgan fingerprint density at radius 1 is 0.920 bits per heavy atom. The first-order valence-corrected chi connectivity index (χ1v) is 8.71. The maximum Gasteiger partial charge on any atom is 0.337 e. The van der Waals surface area contributed by atoms with Crippen molar-refractivity contribution in [3.05, 3.63) is 65.2 Å². The fourth-order valence-electron chi connectivity index (χ4n) is 2.70. The van der Waals surface area contributed by atoms with Crippen LogP contribution in [0.2, 0.25) is 0 Å². The number of allylic oxidation sites excluding steroid dienone is 1. The van der Waals surface area contributed by atoms with Gasteiger partial charge in [0.05, 0.1) is 19.8 Å². The van der Waals surface area contributed by atoms with Crippen molar-refractivity contribution in [2.45, 2.75) is 32.6 Å². The highest BCUT2D eigenvalue weighted by atomic mass is 16.5. The Balaban J connectivity index is 2.26. The van der Waals surface area contributed by atoms with Gasteiger partial charge >= 0.3 is 5.97 Å². The number of hydrogen-bond donors (Lipinski definition) is 0. The van der Waals surface area contributed by atoms with Crippen LogP contribution >= 0.6 is 0 Å². The van der Waals surface area contributed by atoms with Gasteiger partial charge in [-0.05, 0) is 53.8 Å². The molecular weight excluding hydrogens is 312 g/mol. The molecule has 25 heavy (non-hydrogen) atoms. The van der Waals surface area contributed by atoms with Crippen molar-refractivity contribution < 1.29 is 14.3 Å². The molecule has 0 bridgehead atoms. The Kier molecular flexibility index (Phi) is 7.27. The van der Waals surface area contributed by atoms with Crippen LogP contribution in [0.5, 0.6) is 5.75 Å². The van der Waals surface area contributed by atoms with Crippen LogP contribution in [0.15, 0.2) is 48.5 Å². The molecule has 3 nitrogen and oxygen atoms in total. The number of carbonyl (C=O) groups excluding carboxylic acids is 1. The lowest BCUT2D eigenvalue weighted by Gasteiger charge is -2.10. The van der Waals surface area contributed by atoms with E-state index in [4.69, 9.17) is 9.47 Å². The predicted molar refractivity (Wildman–Crippen MR) is 103 cm³/mol. The van der Waals surface area contributed by atoms with Crippen molar-refractivity contribution in [2.24, 2.45) is 0 Å². The molecule has 0 saturated carbocycles. The fourth-order valence-corrected chi connectivity index (χ4v) is 2.70. The molecule has 0 aromatic heterocycles. The van der Waals surface area contributed by atoms with Crippen LogP contribution in [0.4, 0.5) is 0 Å². The maximum atomic E-state index is 11.6. The summed E-state index contributed by atoms with van der Waals surface area (Å²) in [5, 5.41) is 0. The topological polar surface area (TPSA) is 35.5 Å². The molecule has 0 aliphatic carbocycles. The van der Waals surface area contributed by atoms with E-state index in [-0.39, 0.29) is 5.97 Å². The van der Waals surface area contributed by atoms with Crippen LogP contribution < -0.4 is 4.74 Å². The highest BCUT2D eigenvalue weighted by Crippen LogP contribution is 2.26. The van der Waals surface area contributed by atoms with E-state index in [1.165, 1.54) is 31.1 Å². The number of hydrogen-bond acceptors (Lipinski definition) is 3. The molecule has 0 N–H and O–H groups in total. The quantitative estimate of drug-likeness (QED) is 0.357. The summed E-state index contributed by atoms with van der Waals surface area (Å²) in [6.45, 7) is 2.21. The molecule has 3 heteroatoms. The third-order valence-corrected chi connectivity index (χ3v) is 4.18. The number of benzene rings is 2. The van der Waals surface area contributed by atoms with E-state index in [1.807, 2.05) is 24.3 Å². The molecule has 0 radical (unpaired) electrons. The zero-order valence-corrected chi connectivity index (χ0v) is 15.2. The van der Waals surface area contributed by atoms with Crippen molar-refractivity contribution in [2.75, 3.05) is 14.2 Å². The van der Waals surface area contributed by atoms with E-state index in [9.17, 15) is 4.79 Å². The van der Waals surface area contributed by atoms with E-state index in [1.54, 1.807) is 19.2 Å². The summed E-state index contributed by atoms with van der Waals surface area (Å²) in [6.07, 6.45) is 6.80. The second kappa shape index (κ2) is 9.67. The normalized spacial score (nSPS) is 11.2. The molecule has 0 unspecified atom stereocenters. The van der Waals surface area contributed by atoms with Crippen LogP contribution in [0, 0.1) is 0 Å². The lowest BCUT2D eigenvalue weighted by Crippen LogP contribution is -2.00. The first-order chi connectivity index (χ1) is 12.2. The zero-order valence-electron chi connectivity index (χ0n) is 15.2. The molecule has 0 fully saturated rings. The van der Waals surface area contributed by atoms with Gasteiger partial charge in [-0.25, -0.2) is 4.79 Å². The van der Waals surface area contributed by atoms with Crippen molar-refractivity contribution in [3.8, 4) is 5.75 Å². The molecule has 0 aliphatic rings. The Bertz CT molecular complexity index is 697. The third kappa shape index (κ3) is 5.49. The van der Waals surface area contributed by atoms with Crippen molar-refractivity contribution in [1.29, 1.82) is 0 Å². The summed E-state index contributed by atoms with van der Waals surface area (Å²) < 4.78 is 10.00. The van der Waals surface area contributed by atoms with Gasteiger partial charge in [0.1, 0.15) is 5.75 Å². The monoisotopic (exact) mass is 338 g/mol. The van der Waals surface area contributed by atoms with E-state index in [0.29, 0.717) is 5.56 Å². The van der Waals surface area contributed by atoms with Gasteiger partial charge in [0, 0.05) is 0 Å². The summed E-state index contributed by atoms with van der Waals surface area (Å²) in [7, 11) is 3.07. The largest absolute Gasteiger partial charge is 0.497 e. The summed E-state index contributed by atoms with van der Waals surface area (Å²) in [4.78, 5) is 11.6. The van der Waals surface area contributed by atoms with E-state index < -0.39 is 0 Å². The lowest BCUT2D eigenvalue weighted by molar-refractivity contribution is 0.0600. The number of esters is 1. The average Bonchev–Trinajstić information content (AvgIpc) is 2.67. The van der Waals surface area contributed by atoms with E-state index in [0.717, 1.165) is 24.2 Å². The van der Waals surface area contributed by atoms with Gasteiger partial charge in [-0.15, -0.1) is 0 Å². The molecule has 0 spiro atoms. The van der Waals surface area contributed by atoms with Crippen LogP contribution in [0.1, 0.15) is 54.1 Å². The first kappa shape index (κ1) is 18.8. The molecule has 0 atom stereocenters. The second-order valence-corrected chi connectivity index (χ2v) is 5.97. The van der Waals surface area contributed by atoms with E-state index in [2.05, 4.69) is 25.1 Å². The Morgan fingerprint density at radius 2 is 1.56 bits per heavy atom. The van der Waals surface area contributed by atoms with Gasteiger partial charge < -0.3 is 9.47 Å². The van der Waals surface area contributed by atoms with Crippen molar-refractivity contribution in [1.82, 2.24) is 0 Å². The van der Waals surface area contributed by atoms with Crippen LogP contribution in [-0.2, 0) is 4.74 Å². The standard InChI is InChI=1S/C22H26O3/c1-4-5-6-7-20(18-12-14-21(24-2)15-13-18)16-17-8-10-19(11-9-17)22(23)25-3/h8-16H,4-7H2,1-3H3/b20-16-. The Hall–Kier alpha value is -2.55. The van der Waals surface area contributed by atoms with Crippen LogP contribution in [-0.4, -0.2) is 20.2 Å². The van der Waals surface area contributed by atoms with Crippen LogP contribution in [0.3, 0.4) is 0 Å². The van der Waals surface area contributed by atoms with Gasteiger partial charge in [0.15, 0.2) is 0 Å². The minimum absolute atomic E-state index is 0.311. The molecule has 0 heterocycles. The minimum atomic E-state index is -0.311. The Labute approximate surface area is 150 Å². The number of methoxy groups -OCH3 is 2. The van der Waals surface area contributed by atoms with E-state index >= 15 is 0 Å². The zero-order chi connectivity index (χ0) is 18.1. The number of carbonyl (C=O) groups is 1. The summed E-state index contributed by atoms with van der Waals surface area (Å²) in [5.74, 6) is 0.549. The number of unbranched alkanes of at least 4 members (excludes halogenated alkanes) is 2. The number of rotatable bonds is 8. The Morgan fingerprint density at radius 3 is 2.12 bits per heavy atom. The average molecular weight is 338 g/mol. The molecule has 2 aromatic carbocycles. The van der Waals surface area contributed by atoms with Gasteiger partial charge in [-0.2, -0.15) is 0 Å². The first-order valence-electron chi connectivity index (χ1n) is 8.71.